The van der Waals surface area contributed by atoms with E-state index in [9.17, 15) is 0 Å². The van der Waals surface area contributed by atoms with Crippen molar-refractivity contribution >= 4 is 35.0 Å². The van der Waals surface area contributed by atoms with Gasteiger partial charge in [0.25, 0.3) is 0 Å². The molecule has 0 saturated carbocycles. The molecule has 0 radical (unpaired) electrons. The minimum atomic E-state index is 0.191. The van der Waals surface area contributed by atoms with Gasteiger partial charge in [-0.25, -0.2) is 4.98 Å². The highest BCUT2D eigenvalue weighted by atomic mass is 35.5. The van der Waals surface area contributed by atoms with E-state index in [1.807, 2.05) is 29.8 Å². The number of pyridine rings is 1. The van der Waals surface area contributed by atoms with Crippen molar-refractivity contribution in [2.45, 2.75) is 10.2 Å². The highest BCUT2D eigenvalue weighted by Gasteiger charge is 2.13. The second-order valence-corrected chi connectivity index (χ2v) is 6.40. The molecule has 0 aliphatic carbocycles. The Kier molecular flexibility index (Phi) is 4.53. The first-order valence-corrected chi connectivity index (χ1v) is 8.05. The molecule has 3 aromatic rings. The summed E-state index contributed by atoms with van der Waals surface area (Å²) in [6.45, 7) is 0. The zero-order chi connectivity index (χ0) is 16.4. The predicted octanol–water partition coefficient (Wildman–Crippen LogP) is 4.21. The van der Waals surface area contributed by atoms with Crippen molar-refractivity contribution in [3.63, 3.8) is 0 Å². The van der Waals surface area contributed by atoms with Gasteiger partial charge in [0.05, 0.1) is 5.02 Å². The maximum atomic E-state index is 8.99. The Morgan fingerprint density at radius 1 is 1.09 bits per heavy atom. The molecule has 5 nitrogen and oxygen atoms in total. The molecule has 0 unspecified atom stereocenters. The van der Waals surface area contributed by atoms with Crippen LogP contribution in [0.2, 0.25) is 10.0 Å². The summed E-state index contributed by atoms with van der Waals surface area (Å²) in [7, 11) is 1.87. The monoisotopic (exact) mass is 361 g/mol. The molecule has 0 bridgehead atoms. The number of nitrogens with zero attached hydrogens (tertiary/aromatic N) is 5. The number of benzene rings is 1. The van der Waals surface area contributed by atoms with Gasteiger partial charge in [0.15, 0.2) is 16.7 Å². The Balaban J connectivity index is 1.91. The number of hydrogen-bond donors (Lipinski definition) is 0. The molecule has 0 amide bonds. The molecule has 1 aromatic carbocycles. The van der Waals surface area contributed by atoms with Crippen LogP contribution in [0.25, 0.3) is 11.4 Å². The Morgan fingerprint density at radius 2 is 1.83 bits per heavy atom. The average molecular weight is 362 g/mol. The molecule has 3 rings (SSSR count). The number of hydrogen-bond acceptors (Lipinski definition) is 5. The van der Waals surface area contributed by atoms with Crippen LogP contribution in [-0.2, 0) is 7.05 Å². The first-order chi connectivity index (χ1) is 11.1. The fourth-order valence-electron chi connectivity index (χ4n) is 1.91. The third-order valence-corrected chi connectivity index (χ3v) is 4.59. The summed E-state index contributed by atoms with van der Waals surface area (Å²) in [4.78, 5) is 4.19. The second kappa shape index (κ2) is 6.59. The second-order valence-electron chi connectivity index (χ2n) is 4.57. The van der Waals surface area contributed by atoms with Crippen molar-refractivity contribution in [3.05, 3.63) is 52.1 Å². The summed E-state index contributed by atoms with van der Waals surface area (Å²) < 4.78 is 1.86. The Morgan fingerprint density at radius 3 is 2.52 bits per heavy atom. The van der Waals surface area contributed by atoms with Gasteiger partial charge in [-0.1, -0.05) is 23.2 Å². The van der Waals surface area contributed by atoms with Gasteiger partial charge in [0, 0.05) is 17.6 Å². The van der Waals surface area contributed by atoms with Crippen molar-refractivity contribution in [2.24, 2.45) is 7.05 Å². The summed E-state index contributed by atoms with van der Waals surface area (Å²) in [5.41, 5.74) is 1.11. The Labute approximate surface area is 146 Å². The summed E-state index contributed by atoms with van der Waals surface area (Å²) in [6.07, 6.45) is 0. The van der Waals surface area contributed by atoms with Gasteiger partial charge >= 0.3 is 0 Å². The first kappa shape index (κ1) is 15.8. The maximum absolute atomic E-state index is 8.99. The smallest absolute Gasteiger partial charge is 0.197 e. The fourth-order valence-corrected chi connectivity index (χ4v) is 2.95. The molecular formula is C15H9Cl2N5S. The van der Waals surface area contributed by atoms with Crippen LogP contribution in [0.5, 0.6) is 0 Å². The van der Waals surface area contributed by atoms with E-state index in [0.717, 1.165) is 11.4 Å². The molecule has 114 valence electrons. The van der Waals surface area contributed by atoms with E-state index in [4.69, 9.17) is 28.5 Å². The zero-order valence-corrected chi connectivity index (χ0v) is 14.2. The zero-order valence-electron chi connectivity index (χ0n) is 11.9. The van der Waals surface area contributed by atoms with Crippen molar-refractivity contribution in [2.75, 3.05) is 0 Å². The molecule has 8 heteroatoms. The first-order valence-electron chi connectivity index (χ1n) is 6.48. The van der Waals surface area contributed by atoms with Gasteiger partial charge in [-0.2, -0.15) is 5.26 Å². The van der Waals surface area contributed by atoms with Crippen LogP contribution in [0.15, 0.2) is 46.6 Å². The van der Waals surface area contributed by atoms with Gasteiger partial charge in [-0.05, 0) is 48.2 Å². The molecule has 0 fully saturated rings. The van der Waals surface area contributed by atoms with Crippen LogP contribution in [0.3, 0.4) is 0 Å². The minimum Gasteiger partial charge on any atom is -0.305 e. The summed E-state index contributed by atoms with van der Waals surface area (Å²) in [5.74, 6) is 0.721. The highest BCUT2D eigenvalue weighted by Crippen LogP contribution is 2.29. The van der Waals surface area contributed by atoms with E-state index < -0.39 is 0 Å². The van der Waals surface area contributed by atoms with E-state index >= 15 is 0 Å². The van der Waals surface area contributed by atoms with Crippen LogP contribution in [0, 0.1) is 11.3 Å². The molecular weight excluding hydrogens is 353 g/mol. The topological polar surface area (TPSA) is 67.4 Å². The van der Waals surface area contributed by atoms with Crippen molar-refractivity contribution in [1.29, 1.82) is 5.26 Å². The summed E-state index contributed by atoms with van der Waals surface area (Å²) in [6, 6.07) is 12.7. The Bertz CT molecular complexity index is 899. The lowest BCUT2D eigenvalue weighted by Crippen LogP contribution is -1.95. The molecule has 2 heterocycles. The van der Waals surface area contributed by atoms with Crippen LogP contribution in [0.1, 0.15) is 5.69 Å². The molecule has 23 heavy (non-hydrogen) atoms. The lowest BCUT2D eigenvalue weighted by Gasteiger charge is -2.04. The van der Waals surface area contributed by atoms with Gasteiger partial charge in [-0.3, -0.25) is 0 Å². The van der Waals surface area contributed by atoms with Crippen LogP contribution in [0.4, 0.5) is 0 Å². The van der Waals surface area contributed by atoms with Crippen LogP contribution < -0.4 is 0 Å². The third kappa shape index (κ3) is 3.32. The number of halogens is 2. The lowest BCUT2D eigenvalue weighted by atomic mass is 10.2. The van der Waals surface area contributed by atoms with Gasteiger partial charge in [0.1, 0.15) is 11.1 Å². The molecule has 0 aliphatic heterocycles. The van der Waals surface area contributed by atoms with Crippen LogP contribution >= 0.6 is 35.0 Å². The van der Waals surface area contributed by atoms with Gasteiger partial charge in [-0.15, -0.1) is 10.2 Å². The van der Waals surface area contributed by atoms with Crippen molar-refractivity contribution in [3.8, 4) is 17.5 Å². The fraction of sp³-hybridized carbons (Fsp3) is 0.0667. The molecule has 0 saturated heterocycles. The largest absolute Gasteiger partial charge is 0.305 e. The van der Waals surface area contributed by atoms with Crippen molar-refractivity contribution in [1.82, 2.24) is 19.7 Å². The van der Waals surface area contributed by atoms with Gasteiger partial charge in [0.2, 0.25) is 0 Å². The number of aromatic nitrogens is 4. The number of nitriles is 1. The van der Waals surface area contributed by atoms with E-state index in [2.05, 4.69) is 15.2 Å². The predicted molar refractivity (Wildman–Crippen MR) is 89.5 cm³/mol. The van der Waals surface area contributed by atoms with Gasteiger partial charge < -0.3 is 4.57 Å². The standard InChI is InChI=1S/C15H9Cl2N5S/c1-22-14(9-2-4-10(16)5-3-9)20-21-15(22)23-13-7-6-11(17)12(8-18)19-13/h2-7H,1H3. The Hall–Kier alpha value is -2.07. The highest BCUT2D eigenvalue weighted by molar-refractivity contribution is 7.99. The van der Waals surface area contributed by atoms with E-state index in [-0.39, 0.29) is 5.69 Å². The molecule has 0 aliphatic rings. The van der Waals surface area contributed by atoms with E-state index in [1.165, 1.54) is 11.8 Å². The molecule has 0 atom stereocenters. The van der Waals surface area contributed by atoms with Crippen molar-refractivity contribution < 1.29 is 0 Å². The quantitative estimate of drug-likeness (QED) is 0.698. The summed E-state index contributed by atoms with van der Waals surface area (Å²) >= 11 is 13.1. The molecule has 2 aromatic heterocycles. The maximum Gasteiger partial charge on any atom is 0.197 e. The SMILES string of the molecule is Cn1c(Sc2ccc(Cl)c(C#N)n2)nnc1-c1ccc(Cl)cc1. The summed E-state index contributed by atoms with van der Waals surface area (Å²) in [5, 5.41) is 19.7. The normalized spacial score (nSPS) is 10.5. The molecule has 0 spiro atoms. The minimum absolute atomic E-state index is 0.191. The lowest BCUT2D eigenvalue weighted by molar-refractivity contribution is 0.792. The number of rotatable bonds is 3. The average Bonchev–Trinajstić information content (AvgIpc) is 2.91. The van der Waals surface area contributed by atoms with E-state index in [1.54, 1.807) is 24.3 Å². The third-order valence-electron chi connectivity index (χ3n) is 3.06. The van der Waals surface area contributed by atoms with Crippen LogP contribution in [-0.4, -0.2) is 19.7 Å². The van der Waals surface area contributed by atoms with E-state index in [0.29, 0.717) is 20.2 Å². The molecule has 0 N–H and O–H groups in total.